The van der Waals surface area contributed by atoms with E-state index >= 15 is 0 Å². The summed E-state index contributed by atoms with van der Waals surface area (Å²) in [5, 5.41) is 0. The summed E-state index contributed by atoms with van der Waals surface area (Å²) in [7, 11) is 0. The monoisotopic (exact) mass is 554 g/mol. The Morgan fingerprint density at radius 3 is 1.75 bits per heavy atom. The Morgan fingerprint density at radius 2 is 1.75 bits per heavy atom. The van der Waals surface area contributed by atoms with E-state index in [1.54, 1.807) is 0 Å². The summed E-state index contributed by atoms with van der Waals surface area (Å²) in [6, 6.07) is 0. The van der Waals surface area contributed by atoms with Gasteiger partial charge in [0.25, 0.3) is 0 Å². The summed E-state index contributed by atoms with van der Waals surface area (Å²) >= 11 is 5.03. The zero-order chi connectivity index (χ0) is 2.71. The Balaban J connectivity index is 0. The molecular weight excluding hydrogens is 543 g/mol. The molecule has 0 aromatic heterocycles. The molecular formula is H5BiSeTe2. The quantitative estimate of drug-likeness (QED) is 0.286. The third-order valence-corrected chi connectivity index (χ3v) is 0. The van der Waals surface area contributed by atoms with Gasteiger partial charge < -0.3 is 0 Å². The second-order valence-electron chi connectivity index (χ2n) is 0.0816. The van der Waals surface area contributed by atoms with Gasteiger partial charge >= 0.3 is 72.3 Å². The first-order valence-corrected chi connectivity index (χ1v) is 14.6. The van der Waals surface area contributed by atoms with Gasteiger partial charge in [-0.2, -0.15) is 0 Å². The molecule has 0 atom stereocenters. The van der Waals surface area contributed by atoms with Crippen LogP contribution in [0, 0.1) is 0 Å². The van der Waals surface area contributed by atoms with Crippen molar-refractivity contribution >= 4 is 72.3 Å². The Hall–Kier alpha value is 2.98. The minimum absolute atomic E-state index is 0. The van der Waals surface area contributed by atoms with E-state index in [0.717, 1.165) is 0 Å². The molecule has 0 nitrogen and oxygen atoms in total. The van der Waals surface area contributed by atoms with Gasteiger partial charge in [-0.3, -0.25) is 0 Å². The van der Waals surface area contributed by atoms with Crippen molar-refractivity contribution in [1.82, 2.24) is 0 Å². The molecule has 0 radical (unpaired) electrons. The molecule has 0 aliphatic rings. The molecule has 0 bridgehead atoms. The SMILES string of the molecule is [BiH3].[SeH][Te][TeH]. The van der Waals surface area contributed by atoms with Gasteiger partial charge in [0.05, 0.1) is 0 Å². The second kappa shape index (κ2) is 9.36. The Kier molecular flexibility index (Phi) is 23.6. The number of hydrogen-bond donors (Lipinski definition) is 0. The van der Waals surface area contributed by atoms with Gasteiger partial charge in [0, 0.05) is 0 Å². The Labute approximate surface area is 70.6 Å². The van der Waals surface area contributed by atoms with Crippen LogP contribution in [0.15, 0.2) is 0 Å². The third-order valence-electron chi connectivity index (χ3n) is 0. The summed E-state index contributed by atoms with van der Waals surface area (Å²) in [4.78, 5) is 0. The van der Waals surface area contributed by atoms with Crippen molar-refractivity contribution < 1.29 is 0 Å². The van der Waals surface area contributed by atoms with Crippen LogP contribution < -0.4 is 0 Å². The molecule has 0 saturated heterocycles. The molecule has 4 heteroatoms. The summed E-state index contributed by atoms with van der Waals surface area (Å²) in [5.41, 5.74) is 0. The van der Waals surface area contributed by atoms with Crippen LogP contribution in [0.2, 0.25) is 0 Å². The molecule has 0 aromatic rings. The number of hydrogen-bond acceptors (Lipinski definition) is 0. The first-order valence-electron chi connectivity index (χ1n) is 0.365. The van der Waals surface area contributed by atoms with Crippen molar-refractivity contribution in [3.63, 3.8) is 0 Å². The van der Waals surface area contributed by atoms with Gasteiger partial charge in [0.1, 0.15) is 0 Å². The maximum atomic E-state index is 2.62. The summed E-state index contributed by atoms with van der Waals surface area (Å²) < 4.78 is 0. The zero-order valence-corrected chi connectivity index (χ0v) is 14.3. The normalized spacial score (nSPS) is 4.50. The first kappa shape index (κ1) is 10.1. The van der Waals surface area contributed by atoms with Gasteiger partial charge in [-0.05, 0) is 0 Å². The molecule has 0 amide bonds. The molecule has 0 unspecified atom stereocenters. The molecule has 4 heavy (non-hydrogen) atoms. The van der Waals surface area contributed by atoms with E-state index in [-0.39, 0.29) is 26.2 Å². The van der Waals surface area contributed by atoms with Gasteiger partial charge in [-0.1, -0.05) is 0 Å². The summed E-state index contributed by atoms with van der Waals surface area (Å²) in [5.74, 6) is 0. The predicted molar refractivity (Wildman–Crippen MR) is 30.0 cm³/mol. The van der Waals surface area contributed by atoms with Crippen molar-refractivity contribution in [2.24, 2.45) is 0 Å². The summed E-state index contributed by atoms with van der Waals surface area (Å²) in [6.07, 6.45) is 0. The van der Waals surface area contributed by atoms with E-state index in [1.165, 1.54) is 0 Å². The van der Waals surface area contributed by atoms with Crippen molar-refractivity contribution in [3.05, 3.63) is 0 Å². The van der Waals surface area contributed by atoms with Gasteiger partial charge in [0.15, 0.2) is 0 Å². The van der Waals surface area contributed by atoms with Crippen LogP contribution >= 0.6 is 0 Å². The summed E-state index contributed by atoms with van der Waals surface area (Å²) in [6.45, 7) is 0. The van der Waals surface area contributed by atoms with Crippen molar-refractivity contribution in [1.29, 1.82) is 0 Å². The van der Waals surface area contributed by atoms with Gasteiger partial charge in [-0.15, -0.1) is 0 Å². The molecule has 0 heterocycles. The van der Waals surface area contributed by atoms with Crippen molar-refractivity contribution in [2.75, 3.05) is 0 Å². The van der Waals surface area contributed by atoms with Crippen LogP contribution in [0.4, 0.5) is 0 Å². The first-order chi connectivity index (χ1) is 1.41. The minimum atomic E-state index is 0. The number of rotatable bonds is 0. The third kappa shape index (κ3) is 8.88. The fourth-order valence-corrected chi connectivity index (χ4v) is 0. The van der Waals surface area contributed by atoms with E-state index < -0.39 is 0 Å². The zero-order valence-electron chi connectivity index (χ0n) is 2.01. The molecule has 28 valence electrons. The van der Waals surface area contributed by atoms with Crippen LogP contribution in [0.5, 0.6) is 0 Å². The van der Waals surface area contributed by atoms with Crippen LogP contribution in [-0.4, -0.2) is 72.3 Å². The predicted octanol–water partition coefficient (Wildman–Crippen LogP) is -2.86. The van der Waals surface area contributed by atoms with E-state index in [2.05, 4.69) is 12.8 Å². The topological polar surface area (TPSA) is 0 Å². The van der Waals surface area contributed by atoms with Crippen molar-refractivity contribution in [2.45, 2.75) is 0 Å². The van der Waals surface area contributed by atoms with Crippen LogP contribution in [0.25, 0.3) is 0 Å². The van der Waals surface area contributed by atoms with Gasteiger partial charge in [-0.25, -0.2) is 0 Å². The molecule has 0 rings (SSSR count). The fraction of sp³-hybridized carbons (Fsp3) is 0. The van der Waals surface area contributed by atoms with Crippen LogP contribution in [-0.2, 0) is 0 Å². The van der Waals surface area contributed by atoms with E-state index in [1.807, 2.05) is 18.4 Å². The Bertz CT molecular complexity index is 6.00. The fourth-order valence-electron chi connectivity index (χ4n) is 0. The molecule has 0 saturated carbocycles. The molecule has 0 aliphatic carbocycles. The van der Waals surface area contributed by atoms with Gasteiger partial charge in [0.2, 0.25) is 0 Å². The maximum absolute atomic E-state index is 2.62. The van der Waals surface area contributed by atoms with Crippen molar-refractivity contribution in [3.8, 4) is 0 Å². The Morgan fingerprint density at radius 1 is 1.75 bits per heavy atom. The van der Waals surface area contributed by atoms with Crippen LogP contribution in [0.1, 0.15) is 0 Å². The van der Waals surface area contributed by atoms with E-state index in [4.69, 9.17) is 0 Å². The standard InChI is InChI=1S/Bi.H2SeTe2.3H/c;1-3-2;;;/h;1-2H;;;. The second-order valence-corrected chi connectivity index (χ2v) is 19.1. The average Bonchev–Trinajstić information content (AvgIpc) is 0.918. The molecule has 0 aromatic carbocycles. The van der Waals surface area contributed by atoms with Crippen LogP contribution in [0.3, 0.4) is 0 Å². The average molecular weight is 548 g/mol. The molecule has 0 N–H and O–H groups in total. The van der Waals surface area contributed by atoms with E-state index in [9.17, 15) is 0 Å². The van der Waals surface area contributed by atoms with E-state index in [0.29, 0.717) is 14.8 Å². The molecule has 0 aliphatic heterocycles. The molecule has 0 fully saturated rings. The molecule has 0 spiro atoms.